The molecule has 0 aromatic heterocycles. The fraction of sp³-hybridized carbons (Fsp3) is 0.467. The first-order valence-corrected chi connectivity index (χ1v) is 7.78. The van der Waals surface area contributed by atoms with E-state index in [2.05, 4.69) is 10.6 Å². The molecule has 1 amide bonds. The van der Waals surface area contributed by atoms with E-state index in [1.807, 2.05) is 12.1 Å². The number of nitrogens with zero attached hydrogens (tertiary/aromatic N) is 1. The van der Waals surface area contributed by atoms with Crippen molar-refractivity contribution in [1.29, 1.82) is 5.26 Å². The van der Waals surface area contributed by atoms with Gasteiger partial charge in [0.1, 0.15) is 6.42 Å². The Morgan fingerprint density at radius 2 is 2.22 bits per heavy atom. The minimum atomic E-state index is -0.278. The van der Waals surface area contributed by atoms with Crippen LogP contribution in [0.1, 0.15) is 18.1 Å². The Kier molecular flexibility index (Phi) is 8.67. The lowest BCUT2D eigenvalue weighted by atomic mass is 9.95. The fourth-order valence-corrected chi connectivity index (χ4v) is 2.71. The van der Waals surface area contributed by atoms with Gasteiger partial charge in [-0.05, 0) is 17.7 Å². The van der Waals surface area contributed by atoms with Crippen LogP contribution in [-0.2, 0) is 9.53 Å². The number of carbonyl (C=O) groups excluding carboxylic acids is 1. The standard InChI is InChI=1S/C15H17Cl2N3O2.ClH/c16-12-2-1-10(7-13(12)17)15-11(8-19-5-6-22-15)9-20-14(21)3-4-18;/h1-2,7,11,15,19H,3,5-6,8-9H2,(H,20,21);1H/t11-,15-;/m0./s1. The summed E-state index contributed by atoms with van der Waals surface area (Å²) in [5.74, 6) is -0.234. The van der Waals surface area contributed by atoms with E-state index in [0.717, 1.165) is 12.1 Å². The predicted octanol–water partition coefficient (Wildman–Crippen LogP) is 2.72. The van der Waals surface area contributed by atoms with Crippen molar-refractivity contribution < 1.29 is 9.53 Å². The van der Waals surface area contributed by atoms with Crippen molar-refractivity contribution in [1.82, 2.24) is 10.6 Å². The van der Waals surface area contributed by atoms with Gasteiger partial charge in [0.05, 0.1) is 28.8 Å². The molecule has 23 heavy (non-hydrogen) atoms. The number of rotatable bonds is 4. The van der Waals surface area contributed by atoms with Crippen LogP contribution in [0.15, 0.2) is 18.2 Å². The van der Waals surface area contributed by atoms with Crippen molar-refractivity contribution >= 4 is 41.5 Å². The molecule has 1 aromatic rings. The van der Waals surface area contributed by atoms with Gasteiger partial charge in [-0.1, -0.05) is 29.3 Å². The number of amides is 1. The molecular weight excluding hydrogens is 361 g/mol. The van der Waals surface area contributed by atoms with E-state index in [4.69, 9.17) is 33.2 Å². The van der Waals surface area contributed by atoms with Gasteiger partial charge in [0.15, 0.2) is 0 Å². The molecule has 2 atom stereocenters. The van der Waals surface area contributed by atoms with E-state index in [1.54, 1.807) is 12.1 Å². The van der Waals surface area contributed by atoms with Crippen LogP contribution in [-0.4, -0.2) is 32.1 Å². The lowest BCUT2D eigenvalue weighted by Gasteiger charge is -2.25. The number of nitrogens with one attached hydrogen (secondary N) is 2. The number of benzene rings is 1. The zero-order chi connectivity index (χ0) is 15.9. The summed E-state index contributed by atoms with van der Waals surface area (Å²) in [4.78, 5) is 11.5. The third kappa shape index (κ3) is 5.83. The molecular formula is C15H18Cl3N3O2. The van der Waals surface area contributed by atoms with Gasteiger partial charge in [0.2, 0.25) is 5.91 Å². The third-order valence-corrected chi connectivity index (χ3v) is 4.22. The van der Waals surface area contributed by atoms with Crippen molar-refractivity contribution in [2.24, 2.45) is 5.92 Å². The van der Waals surface area contributed by atoms with E-state index in [0.29, 0.717) is 29.7 Å². The summed E-state index contributed by atoms with van der Waals surface area (Å²) < 4.78 is 5.91. The fourth-order valence-electron chi connectivity index (χ4n) is 2.40. The van der Waals surface area contributed by atoms with Gasteiger partial charge in [-0.15, -0.1) is 12.4 Å². The number of halogens is 3. The van der Waals surface area contributed by atoms with Crippen LogP contribution in [0.25, 0.3) is 0 Å². The zero-order valence-electron chi connectivity index (χ0n) is 12.4. The number of carbonyl (C=O) groups is 1. The zero-order valence-corrected chi connectivity index (χ0v) is 14.7. The van der Waals surface area contributed by atoms with Crippen LogP contribution in [0.4, 0.5) is 0 Å². The van der Waals surface area contributed by atoms with Crippen LogP contribution in [0.3, 0.4) is 0 Å². The van der Waals surface area contributed by atoms with Crippen molar-refractivity contribution in [2.75, 3.05) is 26.2 Å². The molecule has 2 rings (SSSR count). The minimum absolute atomic E-state index is 0. The van der Waals surface area contributed by atoms with E-state index < -0.39 is 0 Å². The molecule has 2 N–H and O–H groups in total. The molecule has 0 bridgehead atoms. The Morgan fingerprint density at radius 1 is 1.43 bits per heavy atom. The highest BCUT2D eigenvalue weighted by Gasteiger charge is 2.27. The maximum absolute atomic E-state index is 11.5. The summed E-state index contributed by atoms with van der Waals surface area (Å²) in [6.45, 7) is 2.46. The van der Waals surface area contributed by atoms with E-state index in [1.165, 1.54) is 0 Å². The highest BCUT2D eigenvalue weighted by Crippen LogP contribution is 2.31. The van der Waals surface area contributed by atoms with Gasteiger partial charge >= 0.3 is 0 Å². The molecule has 0 spiro atoms. The first-order valence-electron chi connectivity index (χ1n) is 7.02. The maximum atomic E-state index is 11.5. The summed E-state index contributed by atoms with van der Waals surface area (Å²) in [5.41, 5.74) is 0.928. The second-order valence-electron chi connectivity index (χ2n) is 5.07. The quantitative estimate of drug-likeness (QED) is 0.845. The monoisotopic (exact) mass is 377 g/mol. The van der Waals surface area contributed by atoms with Crippen molar-refractivity contribution in [3.63, 3.8) is 0 Å². The number of ether oxygens (including phenoxy) is 1. The Balaban J connectivity index is 0.00000264. The number of hydrogen-bond donors (Lipinski definition) is 2. The first-order chi connectivity index (χ1) is 10.6. The Bertz CT molecular complexity index is 578. The van der Waals surface area contributed by atoms with Gasteiger partial charge in [-0.2, -0.15) is 5.26 Å². The second kappa shape index (κ2) is 9.96. The van der Waals surface area contributed by atoms with Gasteiger partial charge in [0.25, 0.3) is 0 Å². The molecule has 126 valence electrons. The summed E-state index contributed by atoms with van der Waals surface area (Å²) in [5, 5.41) is 15.6. The Labute approximate surface area is 151 Å². The number of nitriles is 1. The number of hydrogen-bond acceptors (Lipinski definition) is 4. The normalized spacial score (nSPS) is 20.7. The molecule has 1 aromatic carbocycles. The molecule has 0 unspecified atom stereocenters. The third-order valence-electron chi connectivity index (χ3n) is 3.48. The SMILES string of the molecule is Cl.N#CCC(=O)NC[C@@H]1CNCCO[C@H]1c1ccc(Cl)c(Cl)c1. The molecule has 1 saturated heterocycles. The van der Waals surface area contributed by atoms with Crippen LogP contribution < -0.4 is 10.6 Å². The molecule has 8 heteroatoms. The molecule has 0 aliphatic carbocycles. The van der Waals surface area contributed by atoms with Crippen molar-refractivity contribution in [3.05, 3.63) is 33.8 Å². The van der Waals surface area contributed by atoms with Crippen LogP contribution in [0, 0.1) is 17.2 Å². The smallest absolute Gasteiger partial charge is 0.234 e. The molecule has 1 fully saturated rings. The Morgan fingerprint density at radius 3 is 2.91 bits per heavy atom. The van der Waals surface area contributed by atoms with Crippen LogP contribution in [0.2, 0.25) is 10.0 Å². The lowest BCUT2D eigenvalue weighted by molar-refractivity contribution is -0.120. The van der Waals surface area contributed by atoms with E-state index in [9.17, 15) is 4.79 Å². The molecule has 1 aliphatic rings. The highest BCUT2D eigenvalue weighted by atomic mass is 35.5. The predicted molar refractivity (Wildman–Crippen MR) is 92.0 cm³/mol. The topological polar surface area (TPSA) is 74.2 Å². The molecule has 1 aliphatic heterocycles. The van der Waals surface area contributed by atoms with Crippen molar-refractivity contribution in [3.8, 4) is 6.07 Å². The molecule has 1 heterocycles. The average Bonchev–Trinajstić information content (AvgIpc) is 2.74. The Hall–Kier alpha value is -1.03. The highest BCUT2D eigenvalue weighted by molar-refractivity contribution is 6.42. The van der Waals surface area contributed by atoms with Crippen LogP contribution in [0.5, 0.6) is 0 Å². The lowest BCUT2D eigenvalue weighted by Crippen LogP contribution is -2.36. The largest absolute Gasteiger partial charge is 0.372 e. The summed E-state index contributed by atoms with van der Waals surface area (Å²) >= 11 is 12.0. The summed E-state index contributed by atoms with van der Waals surface area (Å²) in [7, 11) is 0. The first kappa shape index (κ1) is 20.0. The van der Waals surface area contributed by atoms with E-state index in [-0.39, 0.29) is 36.8 Å². The maximum Gasteiger partial charge on any atom is 0.234 e. The summed E-state index contributed by atoms with van der Waals surface area (Å²) in [6.07, 6.45) is -0.328. The molecule has 5 nitrogen and oxygen atoms in total. The second-order valence-corrected chi connectivity index (χ2v) is 5.88. The van der Waals surface area contributed by atoms with Gasteiger partial charge in [0, 0.05) is 25.6 Å². The van der Waals surface area contributed by atoms with Gasteiger partial charge in [-0.3, -0.25) is 4.79 Å². The summed E-state index contributed by atoms with van der Waals surface area (Å²) in [6, 6.07) is 7.25. The molecule has 0 radical (unpaired) electrons. The van der Waals surface area contributed by atoms with Gasteiger partial charge < -0.3 is 15.4 Å². The van der Waals surface area contributed by atoms with E-state index >= 15 is 0 Å². The average molecular weight is 379 g/mol. The van der Waals surface area contributed by atoms with Gasteiger partial charge in [-0.25, -0.2) is 0 Å². The van der Waals surface area contributed by atoms with Crippen molar-refractivity contribution in [2.45, 2.75) is 12.5 Å². The minimum Gasteiger partial charge on any atom is -0.372 e. The van der Waals surface area contributed by atoms with Crippen LogP contribution >= 0.6 is 35.6 Å². The molecule has 0 saturated carbocycles.